The number of hydrogen-bond donors (Lipinski definition) is 0. The lowest BCUT2D eigenvalue weighted by atomic mass is 10.1. The highest BCUT2D eigenvalue weighted by molar-refractivity contribution is 6.30. The molecule has 3 aromatic rings. The van der Waals surface area contributed by atoms with Crippen molar-refractivity contribution in [1.82, 2.24) is 0 Å². The molecule has 0 radical (unpaired) electrons. The fourth-order valence-corrected chi connectivity index (χ4v) is 3.16. The first kappa shape index (κ1) is 19.0. The molecule has 1 unspecified atom stereocenters. The van der Waals surface area contributed by atoms with E-state index >= 15 is 0 Å². The van der Waals surface area contributed by atoms with Crippen LogP contribution in [0.25, 0.3) is 6.08 Å². The Morgan fingerprint density at radius 3 is 2.48 bits per heavy atom. The fraction of sp³-hybridized carbons (Fsp3) is 0.0833. The lowest BCUT2D eigenvalue weighted by Gasteiger charge is -2.10. The van der Waals surface area contributed by atoms with E-state index in [-0.39, 0.29) is 17.3 Å². The molecule has 0 fully saturated rings. The monoisotopic (exact) mass is 404 g/mol. The van der Waals surface area contributed by atoms with Gasteiger partial charge >= 0.3 is 5.97 Å². The van der Waals surface area contributed by atoms with Crippen molar-refractivity contribution in [3.8, 4) is 11.5 Å². The number of ketones is 1. The van der Waals surface area contributed by atoms with E-state index in [0.29, 0.717) is 16.9 Å². The van der Waals surface area contributed by atoms with Crippen LogP contribution in [-0.2, 0) is 4.79 Å². The average molecular weight is 405 g/mol. The van der Waals surface area contributed by atoms with Gasteiger partial charge in [0.1, 0.15) is 11.5 Å². The Morgan fingerprint density at radius 2 is 1.76 bits per heavy atom. The van der Waals surface area contributed by atoms with Crippen molar-refractivity contribution in [3.63, 3.8) is 0 Å². The number of carbonyl (C=O) groups excluding carboxylic acids is 2. The second-order valence-corrected chi connectivity index (χ2v) is 7.14. The number of aryl methyl sites for hydroxylation is 1. The summed E-state index contributed by atoms with van der Waals surface area (Å²) < 4.78 is 11.1. The van der Waals surface area contributed by atoms with Gasteiger partial charge in [0.05, 0.1) is 5.56 Å². The largest absolute Gasteiger partial charge is 0.452 e. The van der Waals surface area contributed by atoms with E-state index in [1.54, 1.807) is 42.5 Å². The van der Waals surface area contributed by atoms with Gasteiger partial charge in [-0.25, -0.2) is 4.79 Å². The van der Waals surface area contributed by atoms with Gasteiger partial charge in [-0.1, -0.05) is 60.2 Å². The SMILES string of the molecule is Cc1ccc(/C=C2\Oc3cc(OC(=O)C(Cl)c4ccccc4)ccc3C2=O)cc1. The first-order valence-corrected chi connectivity index (χ1v) is 9.50. The first-order chi connectivity index (χ1) is 14.0. The second-order valence-electron chi connectivity index (χ2n) is 6.70. The van der Waals surface area contributed by atoms with Gasteiger partial charge in [0.15, 0.2) is 11.1 Å². The summed E-state index contributed by atoms with van der Waals surface area (Å²) in [6.07, 6.45) is 1.69. The summed E-state index contributed by atoms with van der Waals surface area (Å²) in [5, 5.41) is -0.927. The van der Waals surface area contributed by atoms with Gasteiger partial charge in [-0.15, -0.1) is 11.6 Å². The number of rotatable bonds is 4. The number of benzene rings is 3. The smallest absolute Gasteiger partial charge is 0.334 e. The Morgan fingerprint density at radius 1 is 1.03 bits per heavy atom. The molecule has 3 aromatic carbocycles. The fourth-order valence-electron chi connectivity index (χ4n) is 2.97. The van der Waals surface area contributed by atoms with Gasteiger partial charge in [0.2, 0.25) is 5.78 Å². The van der Waals surface area contributed by atoms with Crippen LogP contribution >= 0.6 is 11.6 Å². The van der Waals surface area contributed by atoms with Crippen LogP contribution in [0.3, 0.4) is 0 Å². The highest BCUT2D eigenvalue weighted by Crippen LogP contribution is 2.35. The highest BCUT2D eigenvalue weighted by Gasteiger charge is 2.28. The van der Waals surface area contributed by atoms with Gasteiger partial charge in [-0.05, 0) is 36.3 Å². The molecule has 4 nitrogen and oxygen atoms in total. The summed E-state index contributed by atoms with van der Waals surface area (Å²) in [5.74, 6) is 0.0339. The maximum absolute atomic E-state index is 12.6. The van der Waals surface area contributed by atoms with Crippen LogP contribution in [0.1, 0.15) is 32.4 Å². The normalized spacial score (nSPS) is 15.0. The predicted octanol–water partition coefficient (Wildman–Crippen LogP) is 5.50. The van der Waals surface area contributed by atoms with Crippen LogP contribution in [0.4, 0.5) is 0 Å². The molecular formula is C24H17ClO4. The van der Waals surface area contributed by atoms with Crippen molar-refractivity contribution in [3.05, 3.63) is 101 Å². The number of hydrogen-bond acceptors (Lipinski definition) is 4. The highest BCUT2D eigenvalue weighted by atomic mass is 35.5. The molecule has 0 aliphatic carbocycles. The molecule has 1 heterocycles. The summed E-state index contributed by atoms with van der Waals surface area (Å²) in [7, 11) is 0. The molecule has 0 saturated heterocycles. The molecule has 0 saturated carbocycles. The lowest BCUT2D eigenvalue weighted by Crippen LogP contribution is -2.14. The molecule has 5 heteroatoms. The van der Waals surface area contributed by atoms with Gasteiger partial charge in [0.25, 0.3) is 0 Å². The Kier molecular flexibility index (Phi) is 5.19. The number of Topliss-reactive ketones (excluding diaryl/α,β-unsaturated/α-hetero) is 1. The minimum atomic E-state index is -0.927. The third-order valence-electron chi connectivity index (χ3n) is 4.53. The number of esters is 1. The van der Waals surface area contributed by atoms with E-state index in [1.165, 1.54) is 6.07 Å². The van der Waals surface area contributed by atoms with Crippen LogP contribution in [0.15, 0.2) is 78.6 Å². The topological polar surface area (TPSA) is 52.6 Å². The standard InChI is InChI=1S/C24H17ClO4/c1-15-7-9-16(10-8-15)13-21-23(26)19-12-11-18(14-20(19)29-21)28-24(27)22(25)17-5-3-2-4-6-17/h2-14,22H,1H3/b21-13-. The molecule has 0 N–H and O–H groups in total. The van der Waals surface area contributed by atoms with Crippen molar-refractivity contribution in [2.75, 3.05) is 0 Å². The zero-order chi connectivity index (χ0) is 20.4. The Bertz CT molecular complexity index is 1100. The molecular weight excluding hydrogens is 388 g/mol. The van der Waals surface area contributed by atoms with Crippen LogP contribution in [0, 0.1) is 6.92 Å². The minimum Gasteiger partial charge on any atom is -0.452 e. The molecule has 1 aliphatic heterocycles. The maximum Gasteiger partial charge on any atom is 0.334 e. The molecule has 4 rings (SSSR count). The maximum atomic E-state index is 12.6. The van der Waals surface area contributed by atoms with E-state index in [4.69, 9.17) is 21.1 Å². The number of alkyl halides is 1. The molecule has 0 bridgehead atoms. The third kappa shape index (κ3) is 4.08. The van der Waals surface area contributed by atoms with E-state index in [9.17, 15) is 9.59 Å². The van der Waals surface area contributed by atoms with Gasteiger partial charge in [-0.3, -0.25) is 4.79 Å². The van der Waals surface area contributed by atoms with E-state index < -0.39 is 11.3 Å². The molecule has 1 atom stereocenters. The quantitative estimate of drug-likeness (QED) is 0.249. The van der Waals surface area contributed by atoms with Crippen LogP contribution in [-0.4, -0.2) is 11.8 Å². The summed E-state index contributed by atoms with van der Waals surface area (Å²) in [6.45, 7) is 2.00. The summed E-state index contributed by atoms with van der Waals surface area (Å²) in [4.78, 5) is 24.9. The minimum absolute atomic E-state index is 0.210. The molecule has 1 aliphatic rings. The van der Waals surface area contributed by atoms with Crippen molar-refractivity contribution in [2.24, 2.45) is 0 Å². The van der Waals surface area contributed by atoms with Gasteiger partial charge in [0, 0.05) is 6.07 Å². The zero-order valence-corrected chi connectivity index (χ0v) is 16.3. The molecule has 144 valence electrons. The third-order valence-corrected chi connectivity index (χ3v) is 4.96. The second kappa shape index (κ2) is 7.94. The van der Waals surface area contributed by atoms with E-state index in [1.807, 2.05) is 37.3 Å². The molecule has 29 heavy (non-hydrogen) atoms. The molecule has 0 aromatic heterocycles. The number of halogens is 1. The van der Waals surface area contributed by atoms with Crippen LogP contribution in [0.5, 0.6) is 11.5 Å². The molecule has 0 amide bonds. The van der Waals surface area contributed by atoms with E-state index in [2.05, 4.69) is 0 Å². The van der Waals surface area contributed by atoms with Crippen molar-refractivity contribution in [1.29, 1.82) is 0 Å². The van der Waals surface area contributed by atoms with Gasteiger partial charge in [-0.2, -0.15) is 0 Å². The Balaban J connectivity index is 1.51. The zero-order valence-electron chi connectivity index (χ0n) is 15.6. The Labute approximate surface area is 173 Å². The number of fused-ring (bicyclic) bond motifs is 1. The number of allylic oxidation sites excluding steroid dienone is 1. The number of ether oxygens (including phenoxy) is 2. The predicted molar refractivity (Wildman–Crippen MR) is 111 cm³/mol. The first-order valence-electron chi connectivity index (χ1n) is 9.07. The average Bonchev–Trinajstić information content (AvgIpc) is 3.04. The molecule has 0 spiro atoms. The summed E-state index contributed by atoms with van der Waals surface area (Å²) in [5.41, 5.74) is 3.07. The van der Waals surface area contributed by atoms with E-state index in [0.717, 1.165) is 11.1 Å². The lowest BCUT2D eigenvalue weighted by molar-refractivity contribution is -0.134. The van der Waals surface area contributed by atoms with Crippen LogP contribution in [0.2, 0.25) is 0 Å². The number of carbonyl (C=O) groups is 2. The van der Waals surface area contributed by atoms with Gasteiger partial charge < -0.3 is 9.47 Å². The van der Waals surface area contributed by atoms with Crippen molar-refractivity contribution in [2.45, 2.75) is 12.3 Å². The van der Waals surface area contributed by atoms with Crippen molar-refractivity contribution < 1.29 is 19.1 Å². The van der Waals surface area contributed by atoms with Crippen molar-refractivity contribution >= 4 is 29.4 Å². The summed E-state index contributed by atoms with van der Waals surface area (Å²) >= 11 is 6.20. The Hall–Kier alpha value is -3.37. The summed E-state index contributed by atoms with van der Waals surface area (Å²) in [6, 6.07) is 21.4. The van der Waals surface area contributed by atoms with Crippen LogP contribution < -0.4 is 9.47 Å².